The van der Waals surface area contributed by atoms with E-state index in [9.17, 15) is 4.55 Å². The molecule has 1 N–H and O–H groups in total. The molecular formula is C19H18N4O2S. The smallest absolute Gasteiger partial charge is 0.322 e. The monoisotopic (exact) mass is 371 g/mol. The summed E-state index contributed by atoms with van der Waals surface area (Å²) in [6.45, 7) is 1.47. The van der Waals surface area contributed by atoms with Gasteiger partial charge in [-0.25, -0.2) is 0 Å². The van der Waals surface area contributed by atoms with Crippen LogP contribution in [0.25, 0.3) is 16.7 Å². The van der Waals surface area contributed by atoms with Gasteiger partial charge in [-0.3, -0.25) is 9.97 Å². The second-order valence-electron chi connectivity index (χ2n) is 5.59. The van der Waals surface area contributed by atoms with Crippen molar-refractivity contribution < 1.29 is 16.1 Å². The fourth-order valence-electron chi connectivity index (χ4n) is 2.59. The molecule has 1 atom stereocenters. The minimum Gasteiger partial charge on any atom is -0.609 e. The zero-order valence-corrected chi connectivity index (χ0v) is 14.6. The Hall–Kier alpha value is -2.77. The summed E-state index contributed by atoms with van der Waals surface area (Å²) >= 11 is -2.26. The van der Waals surface area contributed by atoms with E-state index in [1.807, 2.05) is 35.2 Å². The largest absolute Gasteiger partial charge is 0.609 e. The van der Waals surface area contributed by atoms with E-state index in [-0.39, 0.29) is 22.2 Å². The minimum absolute atomic E-state index is 0.0481. The molecule has 7 heteroatoms. The van der Waals surface area contributed by atoms with E-state index in [1.54, 1.807) is 12.1 Å². The van der Waals surface area contributed by atoms with Crippen LogP contribution in [0.1, 0.15) is 18.1 Å². The molecule has 0 amide bonds. The average molecular weight is 371 g/mol. The Kier molecular flexibility index (Phi) is 3.10. The Labute approximate surface area is 161 Å². The van der Waals surface area contributed by atoms with Crippen molar-refractivity contribution in [3.8, 4) is 11.4 Å². The van der Waals surface area contributed by atoms with E-state index in [1.165, 1.54) is 19.2 Å². The van der Waals surface area contributed by atoms with Crippen LogP contribution in [-0.2, 0) is 16.9 Å². The topological polar surface area (TPSA) is 78.8 Å². The van der Waals surface area contributed by atoms with E-state index in [0.717, 1.165) is 5.69 Å². The lowest BCUT2D eigenvalue weighted by atomic mass is 10.2. The zero-order chi connectivity index (χ0) is 22.4. The van der Waals surface area contributed by atoms with Gasteiger partial charge in [0.05, 0.1) is 30.6 Å². The number of H-pyrrole nitrogens is 1. The maximum atomic E-state index is 13.1. The molecule has 0 bridgehead atoms. The van der Waals surface area contributed by atoms with Gasteiger partial charge in [-0.15, -0.1) is 0 Å². The summed E-state index contributed by atoms with van der Waals surface area (Å²) in [7, 11) is -2.70. The van der Waals surface area contributed by atoms with Gasteiger partial charge in [-0.1, -0.05) is 0 Å². The SMILES string of the molecule is [2H]C([2H])([2H])Oc1ccnc(C([2H])([2H])[S+]([O-])c2nc3cc(-n4cccc4)ccc3[nH]2)c1C. The highest BCUT2D eigenvalue weighted by Gasteiger charge is 2.20. The molecule has 0 aliphatic rings. The third-order valence-corrected chi connectivity index (χ3v) is 4.90. The maximum Gasteiger partial charge on any atom is 0.322 e. The summed E-state index contributed by atoms with van der Waals surface area (Å²) in [4.78, 5) is 11.2. The summed E-state index contributed by atoms with van der Waals surface area (Å²) in [5.74, 6) is -0.0492. The Morgan fingerprint density at radius 2 is 2.19 bits per heavy atom. The molecule has 4 rings (SSSR count). The Morgan fingerprint density at radius 3 is 3.00 bits per heavy atom. The molecule has 1 unspecified atom stereocenters. The predicted octanol–water partition coefficient (Wildman–Crippen LogP) is 3.37. The van der Waals surface area contributed by atoms with Gasteiger partial charge in [-0.2, -0.15) is 4.98 Å². The Morgan fingerprint density at radius 1 is 1.35 bits per heavy atom. The molecule has 0 spiro atoms. The lowest BCUT2D eigenvalue weighted by Gasteiger charge is -2.10. The molecule has 6 nitrogen and oxygen atoms in total. The molecule has 4 aromatic rings. The van der Waals surface area contributed by atoms with Gasteiger partial charge >= 0.3 is 5.16 Å². The number of aromatic nitrogens is 4. The van der Waals surface area contributed by atoms with Gasteiger partial charge in [0, 0.05) is 41.0 Å². The van der Waals surface area contributed by atoms with Crippen LogP contribution < -0.4 is 4.74 Å². The van der Waals surface area contributed by atoms with Crippen molar-refractivity contribution in [3.05, 3.63) is 66.2 Å². The van der Waals surface area contributed by atoms with Crippen molar-refractivity contribution in [2.75, 3.05) is 7.04 Å². The number of hydrogen-bond acceptors (Lipinski definition) is 4. The number of benzene rings is 1. The van der Waals surface area contributed by atoms with Crippen LogP contribution in [-0.4, -0.2) is 31.1 Å². The number of rotatable bonds is 5. The number of ether oxygens (including phenoxy) is 1. The fourth-order valence-corrected chi connectivity index (χ4v) is 3.46. The molecule has 0 aliphatic carbocycles. The number of methoxy groups -OCH3 is 1. The number of pyridine rings is 1. The van der Waals surface area contributed by atoms with Crippen molar-refractivity contribution in [2.45, 2.75) is 17.8 Å². The van der Waals surface area contributed by atoms with Gasteiger partial charge in [0.15, 0.2) is 5.70 Å². The Balaban J connectivity index is 1.69. The lowest BCUT2D eigenvalue weighted by Crippen LogP contribution is -2.10. The van der Waals surface area contributed by atoms with Gasteiger partial charge in [0.25, 0.3) is 0 Å². The highest BCUT2D eigenvalue weighted by atomic mass is 32.2. The van der Waals surface area contributed by atoms with Gasteiger partial charge in [-0.05, 0) is 43.3 Å². The molecule has 1 aromatic carbocycles. The molecule has 0 saturated carbocycles. The molecule has 0 radical (unpaired) electrons. The van der Waals surface area contributed by atoms with Crippen LogP contribution >= 0.6 is 0 Å². The van der Waals surface area contributed by atoms with Crippen LogP contribution in [0.5, 0.6) is 5.75 Å². The normalized spacial score (nSPS) is 16.3. The quantitative estimate of drug-likeness (QED) is 0.546. The van der Waals surface area contributed by atoms with Crippen LogP contribution in [0.3, 0.4) is 0 Å². The molecule has 3 heterocycles. The lowest BCUT2D eigenvalue weighted by molar-refractivity contribution is 0.410. The molecule has 0 saturated heterocycles. The Bertz CT molecular complexity index is 1220. The van der Waals surface area contributed by atoms with E-state index in [2.05, 4.69) is 15.0 Å². The van der Waals surface area contributed by atoms with Crippen molar-refractivity contribution in [1.29, 1.82) is 0 Å². The van der Waals surface area contributed by atoms with Crippen molar-refractivity contribution in [2.24, 2.45) is 0 Å². The summed E-state index contributed by atoms with van der Waals surface area (Å²) in [5.41, 5.74) is -0.468. The van der Waals surface area contributed by atoms with Crippen molar-refractivity contribution >= 4 is 22.2 Å². The molecule has 0 aliphatic heterocycles. The van der Waals surface area contributed by atoms with E-state index < -0.39 is 23.9 Å². The molecule has 3 aromatic heterocycles. The summed E-state index contributed by atoms with van der Waals surface area (Å²) in [6, 6.07) is 10.6. The van der Waals surface area contributed by atoms with Gasteiger partial charge in [0.1, 0.15) is 5.75 Å². The number of nitrogens with one attached hydrogen (secondary N) is 1. The first-order valence-electron chi connectivity index (χ1n) is 10.3. The third-order valence-electron chi connectivity index (χ3n) is 3.98. The average Bonchev–Trinajstić information content (AvgIpc) is 3.36. The number of imidazole rings is 1. The highest BCUT2D eigenvalue weighted by Crippen LogP contribution is 2.24. The van der Waals surface area contributed by atoms with Crippen LogP contribution in [0, 0.1) is 6.92 Å². The number of hydrogen-bond donors (Lipinski definition) is 1. The van der Waals surface area contributed by atoms with Crippen LogP contribution in [0.4, 0.5) is 0 Å². The van der Waals surface area contributed by atoms with Crippen LogP contribution in [0.15, 0.2) is 60.1 Å². The third kappa shape index (κ3) is 3.07. The first kappa shape index (κ1) is 11.8. The molecule has 26 heavy (non-hydrogen) atoms. The first-order chi connectivity index (χ1) is 14.6. The molecular weight excluding hydrogens is 348 g/mol. The first-order valence-corrected chi connectivity index (χ1v) is 8.91. The van der Waals surface area contributed by atoms with Crippen LogP contribution in [0.2, 0.25) is 0 Å². The number of nitrogens with zero attached hydrogens (tertiary/aromatic N) is 3. The molecule has 132 valence electrons. The highest BCUT2D eigenvalue weighted by molar-refractivity contribution is 7.90. The van der Waals surface area contributed by atoms with E-state index in [4.69, 9.17) is 11.6 Å². The van der Waals surface area contributed by atoms with Gasteiger partial charge in [0.2, 0.25) is 0 Å². The number of aromatic amines is 1. The van der Waals surface area contributed by atoms with E-state index >= 15 is 0 Å². The second-order valence-corrected chi connectivity index (χ2v) is 6.72. The zero-order valence-electron chi connectivity index (χ0n) is 18.8. The van der Waals surface area contributed by atoms with E-state index in [0.29, 0.717) is 11.0 Å². The molecule has 0 fully saturated rings. The van der Waals surface area contributed by atoms with Gasteiger partial charge < -0.3 is 13.9 Å². The fraction of sp³-hybridized carbons (Fsp3) is 0.158. The predicted molar refractivity (Wildman–Crippen MR) is 101 cm³/mol. The minimum atomic E-state index is -2.70. The standard InChI is InChI=1S/C19H18N4O2S/c1-13-17(20-8-7-18(13)25-2)12-26(24)19-21-15-6-5-14(11-16(15)22-19)23-9-3-4-10-23/h3-11H,12H2,1-2H3,(H,21,22)/i2D3,12D2. The maximum absolute atomic E-state index is 13.1. The summed E-state index contributed by atoms with van der Waals surface area (Å²) < 4.78 is 58.7. The number of fused-ring (bicyclic) bond motifs is 1. The van der Waals surface area contributed by atoms with Crippen molar-refractivity contribution in [3.63, 3.8) is 0 Å². The van der Waals surface area contributed by atoms with Crippen molar-refractivity contribution in [1.82, 2.24) is 19.5 Å². The summed E-state index contributed by atoms with van der Waals surface area (Å²) in [5, 5.41) is -0.0481. The second kappa shape index (κ2) is 6.86. The summed E-state index contributed by atoms with van der Waals surface area (Å²) in [6.07, 6.45) is 4.99.